The lowest BCUT2D eigenvalue weighted by Crippen LogP contribution is -2.07. The van der Waals surface area contributed by atoms with E-state index in [4.69, 9.17) is 10.1 Å². The van der Waals surface area contributed by atoms with Gasteiger partial charge in [-0.2, -0.15) is 21.6 Å². The van der Waals surface area contributed by atoms with Crippen molar-refractivity contribution in [1.82, 2.24) is 35.4 Å². The van der Waals surface area contributed by atoms with Crippen molar-refractivity contribution in [1.29, 1.82) is 0 Å². The monoisotopic (exact) mass is 455 g/mol. The maximum Gasteiger partial charge on any atom is 0.205 e. The number of aryl methyl sites for hydroxylation is 1. The van der Waals surface area contributed by atoms with Gasteiger partial charge in [-0.05, 0) is 50.7 Å². The minimum absolute atomic E-state index is 0.594. The van der Waals surface area contributed by atoms with Crippen LogP contribution in [0.5, 0.6) is 0 Å². The summed E-state index contributed by atoms with van der Waals surface area (Å²) >= 11 is 1.71. The van der Waals surface area contributed by atoms with Gasteiger partial charge in [-0.15, -0.1) is 10.2 Å². The molecule has 3 aromatic heterocycles. The van der Waals surface area contributed by atoms with Crippen LogP contribution in [-0.2, 0) is 19.4 Å². The molecule has 0 saturated heterocycles. The number of thiophene rings is 1. The van der Waals surface area contributed by atoms with E-state index in [-0.39, 0.29) is 0 Å². The summed E-state index contributed by atoms with van der Waals surface area (Å²) in [5, 5.41) is 23.6. The number of benzene rings is 2. The first-order valence-corrected chi connectivity index (χ1v) is 12.1. The van der Waals surface area contributed by atoms with Crippen molar-refractivity contribution in [2.45, 2.75) is 39.2 Å². The topological polar surface area (TPSA) is 85.2 Å². The van der Waals surface area contributed by atoms with E-state index in [0.29, 0.717) is 12.4 Å². The molecule has 1 N–H and O–H groups in total. The van der Waals surface area contributed by atoms with Gasteiger partial charge in [-0.1, -0.05) is 61.9 Å². The number of hydrogen-bond donors (Lipinski definition) is 1. The molecule has 0 spiro atoms. The van der Waals surface area contributed by atoms with Crippen molar-refractivity contribution in [3.05, 3.63) is 88.1 Å². The van der Waals surface area contributed by atoms with Gasteiger partial charge < -0.3 is 0 Å². The van der Waals surface area contributed by atoms with Gasteiger partial charge in [0, 0.05) is 18.4 Å². The summed E-state index contributed by atoms with van der Waals surface area (Å²) in [5.41, 5.74) is 5.61. The summed E-state index contributed by atoms with van der Waals surface area (Å²) in [6.07, 6.45) is 3.98. The minimum Gasteiger partial charge on any atom is -0.245 e. The van der Waals surface area contributed by atoms with Crippen molar-refractivity contribution in [3.8, 4) is 22.5 Å². The van der Waals surface area contributed by atoms with Crippen molar-refractivity contribution >= 4 is 11.3 Å². The van der Waals surface area contributed by atoms with Crippen molar-refractivity contribution in [2.75, 3.05) is 0 Å². The molecule has 0 aliphatic rings. The Bertz CT molecular complexity index is 1290. The maximum absolute atomic E-state index is 4.86. The fraction of sp³-hybridized carbons (Fsp3) is 0.240. The fourth-order valence-corrected chi connectivity index (χ4v) is 4.56. The lowest BCUT2D eigenvalue weighted by Gasteiger charge is -2.09. The third kappa shape index (κ3) is 4.90. The average Bonchev–Trinajstić information content (AvgIpc) is 3.62. The second-order valence-electron chi connectivity index (χ2n) is 7.99. The van der Waals surface area contributed by atoms with Crippen LogP contribution in [0.1, 0.15) is 42.5 Å². The molecule has 0 radical (unpaired) electrons. The smallest absolute Gasteiger partial charge is 0.205 e. The molecule has 2 aromatic carbocycles. The molecule has 7 nitrogen and oxygen atoms in total. The van der Waals surface area contributed by atoms with Crippen LogP contribution in [0.2, 0.25) is 0 Å². The third-order valence-corrected chi connectivity index (χ3v) is 6.33. The zero-order chi connectivity index (χ0) is 22.5. The Morgan fingerprint density at radius 2 is 1.82 bits per heavy atom. The van der Waals surface area contributed by atoms with Crippen molar-refractivity contribution < 1.29 is 0 Å². The quantitative estimate of drug-likeness (QED) is 0.331. The molecular weight excluding hydrogens is 430 g/mol. The summed E-state index contributed by atoms with van der Waals surface area (Å²) in [7, 11) is 0. The number of nitrogens with zero attached hydrogens (tertiary/aromatic N) is 6. The van der Waals surface area contributed by atoms with Gasteiger partial charge >= 0.3 is 0 Å². The standard InChI is InChI=1S/C25H25N7S/c1-2-3-8-24-26-23(15-19-13-14-33-17-19)29-32(24)16-18-9-11-20(12-10-18)21-6-4-5-7-22(21)25-27-30-31-28-25/h4-7,9-14,17H,2-3,8,15-16H2,1H3,(H,27,28,30,31). The van der Waals surface area contributed by atoms with Crippen LogP contribution in [0.15, 0.2) is 65.4 Å². The van der Waals surface area contributed by atoms with E-state index >= 15 is 0 Å². The van der Waals surface area contributed by atoms with Crippen molar-refractivity contribution in [2.24, 2.45) is 0 Å². The molecule has 33 heavy (non-hydrogen) atoms. The van der Waals surface area contributed by atoms with Crippen LogP contribution < -0.4 is 0 Å². The Morgan fingerprint density at radius 3 is 2.55 bits per heavy atom. The lowest BCUT2D eigenvalue weighted by atomic mass is 9.98. The average molecular weight is 456 g/mol. The SMILES string of the molecule is CCCCc1nc(Cc2ccsc2)nn1Cc1ccc(-c2ccccc2-c2nn[nH]n2)cc1. The van der Waals surface area contributed by atoms with Gasteiger partial charge in [-0.3, -0.25) is 0 Å². The Kier molecular flexibility index (Phi) is 6.34. The molecule has 5 rings (SSSR count). The Balaban J connectivity index is 1.38. The number of unbranched alkanes of at least 4 members (excludes halogenated alkanes) is 1. The second-order valence-corrected chi connectivity index (χ2v) is 8.77. The first kappa shape index (κ1) is 21.2. The van der Waals surface area contributed by atoms with E-state index < -0.39 is 0 Å². The lowest BCUT2D eigenvalue weighted by molar-refractivity contribution is 0.615. The predicted molar refractivity (Wildman–Crippen MR) is 130 cm³/mol. The van der Waals surface area contributed by atoms with Crippen LogP contribution in [0.25, 0.3) is 22.5 Å². The van der Waals surface area contributed by atoms with Crippen LogP contribution in [-0.4, -0.2) is 35.4 Å². The third-order valence-electron chi connectivity index (χ3n) is 5.60. The predicted octanol–water partition coefficient (Wildman–Crippen LogP) is 5.17. The highest BCUT2D eigenvalue weighted by molar-refractivity contribution is 7.07. The Hall–Kier alpha value is -3.65. The zero-order valence-electron chi connectivity index (χ0n) is 18.5. The minimum atomic E-state index is 0.594. The molecule has 8 heteroatoms. The van der Waals surface area contributed by atoms with E-state index in [1.807, 2.05) is 18.2 Å². The summed E-state index contributed by atoms with van der Waals surface area (Å²) in [6.45, 7) is 2.92. The van der Waals surface area contributed by atoms with E-state index in [1.165, 1.54) is 11.1 Å². The number of tetrazole rings is 1. The normalized spacial score (nSPS) is 11.2. The molecule has 0 aliphatic carbocycles. The van der Waals surface area contributed by atoms with Gasteiger partial charge in [-0.25, -0.2) is 9.67 Å². The highest BCUT2D eigenvalue weighted by atomic mass is 32.1. The van der Waals surface area contributed by atoms with Gasteiger partial charge in [0.05, 0.1) is 6.54 Å². The Morgan fingerprint density at radius 1 is 0.970 bits per heavy atom. The number of hydrogen-bond acceptors (Lipinski definition) is 6. The largest absolute Gasteiger partial charge is 0.245 e. The van der Waals surface area contributed by atoms with E-state index in [1.54, 1.807) is 11.3 Å². The molecular formula is C25H25N7S. The molecule has 0 unspecified atom stereocenters. The number of nitrogens with one attached hydrogen (secondary N) is 1. The van der Waals surface area contributed by atoms with E-state index in [2.05, 4.69) is 79.4 Å². The highest BCUT2D eigenvalue weighted by Gasteiger charge is 2.13. The molecule has 0 fully saturated rings. The second kappa shape index (κ2) is 9.87. The van der Waals surface area contributed by atoms with Crippen LogP contribution in [0, 0.1) is 0 Å². The summed E-state index contributed by atoms with van der Waals surface area (Å²) in [6, 6.07) is 18.8. The molecule has 3 heterocycles. The number of H-pyrrole nitrogens is 1. The molecule has 166 valence electrons. The van der Waals surface area contributed by atoms with Gasteiger partial charge in [0.25, 0.3) is 0 Å². The van der Waals surface area contributed by atoms with Gasteiger partial charge in [0.1, 0.15) is 5.82 Å². The fourth-order valence-electron chi connectivity index (χ4n) is 3.89. The number of rotatable bonds is 9. The molecule has 5 aromatic rings. The summed E-state index contributed by atoms with van der Waals surface area (Å²) < 4.78 is 2.07. The first-order chi connectivity index (χ1) is 16.3. The van der Waals surface area contributed by atoms with E-state index in [9.17, 15) is 0 Å². The summed E-state index contributed by atoms with van der Waals surface area (Å²) in [5.74, 6) is 2.55. The molecule has 0 aliphatic heterocycles. The van der Waals surface area contributed by atoms with Crippen LogP contribution in [0.3, 0.4) is 0 Å². The van der Waals surface area contributed by atoms with Crippen molar-refractivity contribution in [3.63, 3.8) is 0 Å². The Labute approximate surface area is 196 Å². The first-order valence-electron chi connectivity index (χ1n) is 11.2. The molecule has 0 atom stereocenters. The maximum atomic E-state index is 4.86. The van der Waals surface area contributed by atoms with E-state index in [0.717, 1.165) is 54.0 Å². The molecule has 0 saturated carbocycles. The van der Waals surface area contributed by atoms with Gasteiger partial charge in [0.15, 0.2) is 5.82 Å². The van der Waals surface area contributed by atoms with Crippen LogP contribution in [0.4, 0.5) is 0 Å². The zero-order valence-corrected chi connectivity index (χ0v) is 19.3. The molecule has 0 amide bonds. The number of aromatic amines is 1. The molecule has 0 bridgehead atoms. The number of aromatic nitrogens is 7. The highest BCUT2D eigenvalue weighted by Crippen LogP contribution is 2.29. The van der Waals surface area contributed by atoms with Crippen LogP contribution >= 0.6 is 11.3 Å². The van der Waals surface area contributed by atoms with Gasteiger partial charge in [0.2, 0.25) is 5.82 Å². The summed E-state index contributed by atoms with van der Waals surface area (Å²) in [4.78, 5) is 4.86.